The highest BCUT2D eigenvalue weighted by Gasteiger charge is 2.30. The number of carbonyl (C=O) groups is 2. The van der Waals surface area contributed by atoms with Crippen LogP contribution < -0.4 is 0 Å². The van der Waals surface area contributed by atoms with Crippen molar-refractivity contribution in [3.8, 4) is 0 Å². The Morgan fingerprint density at radius 2 is 1.48 bits per heavy atom. The minimum atomic E-state index is -0.628. The zero-order valence-corrected chi connectivity index (χ0v) is 19.0. The molecule has 29 heavy (non-hydrogen) atoms. The number of rotatable bonds is 12. The number of esters is 2. The molecule has 0 fully saturated rings. The van der Waals surface area contributed by atoms with Crippen LogP contribution in [0.1, 0.15) is 85.6 Å². The molecule has 0 heterocycles. The van der Waals surface area contributed by atoms with E-state index in [1.807, 2.05) is 51.1 Å². The van der Waals surface area contributed by atoms with E-state index < -0.39 is 17.5 Å². The van der Waals surface area contributed by atoms with Crippen LogP contribution in [-0.2, 0) is 19.1 Å². The van der Waals surface area contributed by atoms with E-state index in [1.165, 1.54) is 0 Å². The van der Waals surface area contributed by atoms with Crippen molar-refractivity contribution in [3.05, 3.63) is 41.5 Å². The highest BCUT2D eigenvalue weighted by Crippen LogP contribution is 2.31. The van der Waals surface area contributed by atoms with E-state index in [1.54, 1.807) is 6.08 Å². The summed E-state index contributed by atoms with van der Waals surface area (Å²) in [4.78, 5) is 25.5. The smallest absolute Gasteiger partial charge is 0.346 e. The van der Waals surface area contributed by atoms with E-state index in [-0.39, 0.29) is 11.0 Å². The van der Waals surface area contributed by atoms with Crippen molar-refractivity contribution in [1.29, 1.82) is 0 Å². The molecule has 1 aromatic carbocycles. The Kier molecular flexibility index (Phi) is 10.1. The molecule has 0 unspecified atom stereocenters. The molecule has 0 N–H and O–H groups in total. The van der Waals surface area contributed by atoms with Crippen molar-refractivity contribution >= 4 is 18.0 Å². The Balaban J connectivity index is 2.90. The Morgan fingerprint density at radius 1 is 0.897 bits per heavy atom. The normalized spacial score (nSPS) is 12.6. The lowest BCUT2D eigenvalue weighted by molar-refractivity contribution is -0.157. The summed E-state index contributed by atoms with van der Waals surface area (Å²) in [7, 11) is 0. The molecule has 0 spiro atoms. The topological polar surface area (TPSA) is 52.6 Å². The molecule has 0 saturated carbocycles. The van der Waals surface area contributed by atoms with Crippen LogP contribution in [0, 0.1) is 5.41 Å². The van der Waals surface area contributed by atoms with Gasteiger partial charge >= 0.3 is 11.9 Å². The molecule has 1 aromatic rings. The molecule has 0 aromatic heterocycles. The second kappa shape index (κ2) is 11.8. The Labute approximate surface area is 176 Å². The number of hydrogen-bond acceptors (Lipinski definition) is 4. The van der Waals surface area contributed by atoms with E-state index in [2.05, 4.69) is 20.8 Å². The average molecular weight is 403 g/mol. The second-order valence-corrected chi connectivity index (χ2v) is 8.27. The van der Waals surface area contributed by atoms with Crippen LogP contribution in [0.5, 0.6) is 0 Å². The summed E-state index contributed by atoms with van der Waals surface area (Å²) in [6.07, 6.45) is 6.85. The van der Waals surface area contributed by atoms with Crippen LogP contribution in [-0.4, -0.2) is 24.1 Å². The zero-order chi connectivity index (χ0) is 21.9. The van der Waals surface area contributed by atoms with Gasteiger partial charge < -0.3 is 9.47 Å². The van der Waals surface area contributed by atoms with Crippen LogP contribution >= 0.6 is 0 Å². The van der Waals surface area contributed by atoms with Gasteiger partial charge in [-0.1, -0.05) is 77.8 Å². The molecule has 0 bridgehead atoms. The summed E-state index contributed by atoms with van der Waals surface area (Å²) in [5.41, 5.74) is 0.365. The lowest BCUT2D eigenvalue weighted by Crippen LogP contribution is -2.32. The lowest BCUT2D eigenvalue weighted by atomic mass is 9.80. The molecular formula is C25H38O4. The van der Waals surface area contributed by atoms with Crippen LogP contribution in [0.4, 0.5) is 0 Å². The molecule has 0 radical (unpaired) electrons. The molecule has 0 saturated heterocycles. The van der Waals surface area contributed by atoms with Gasteiger partial charge in [0, 0.05) is 0 Å². The molecule has 0 aliphatic carbocycles. The summed E-state index contributed by atoms with van der Waals surface area (Å²) >= 11 is 0. The second-order valence-electron chi connectivity index (χ2n) is 8.27. The van der Waals surface area contributed by atoms with Crippen molar-refractivity contribution in [2.24, 2.45) is 5.41 Å². The third-order valence-corrected chi connectivity index (χ3v) is 6.25. The van der Waals surface area contributed by atoms with Gasteiger partial charge in [-0.15, -0.1) is 0 Å². The van der Waals surface area contributed by atoms with Crippen LogP contribution in [0.2, 0.25) is 0 Å². The first-order chi connectivity index (χ1) is 13.7. The Hall–Kier alpha value is -2.10. The van der Waals surface area contributed by atoms with Crippen molar-refractivity contribution in [2.75, 3.05) is 6.61 Å². The molecule has 0 amide bonds. The van der Waals surface area contributed by atoms with Gasteiger partial charge in [-0.3, -0.25) is 0 Å². The Bertz CT molecular complexity index is 667. The van der Waals surface area contributed by atoms with Crippen molar-refractivity contribution in [3.63, 3.8) is 0 Å². The van der Waals surface area contributed by atoms with E-state index in [0.29, 0.717) is 19.4 Å². The number of hydrogen-bond donors (Lipinski definition) is 0. The molecule has 162 valence electrons. The molecule has 0 aliphatic heterocycles. The SMILES string of the molecule is CCC(C)(CC)CCCOC(=O)/C(=C/c1ccccc1)C(=O)OC(C)(CC)CC. The highest BCUT2D eigenvalue weighted by atomic mass is 16.6. The number of ether oxygens (including phenoxy) is 2. The van der Waals surface area contributed by atoms with E-state index in [0.717, 1.165) is 31.2 Å². The van der Waals surface area contributed by atoms with E-state index in [9.17, 15) is 9.59 Å². The number of carbonyl (C=O) groups excluding carboxylic acids is 2. The fraction of sp³-hybridized carbons (Fsp3) is 0.600. The third-order valence-electron chi connectivity index (χ3n) is 6.25. The van der Waals surface area contributed by atoms with Gasteiger partial charge in [-0.2, -0.15) is 0 Å². The molecule has 0 atom stereocenters. The van der Waals surface area contributed by atoms with Gasteiger partial charge in [0.25, 0.3) is 0 Å². The maximum absolute atomic E-state index is 12.8. The average Bonchev–Trinajstić information content (AvgIpc) is 2.75. The van der Waals surface area contributed by atoms with E-state index >= 15 is 0 Å². The van der Waals surface area contributed by atoms with Crippen molar-refractivity contribution in [1.82, 2.24) is 0 Å². The standard InChI is InChI=1S/C25H38O4/c1-7-24(5,8-2)17-14-18-28-22(26)21(19-20-15-12-11-13-16-20)23(27)29-25(6,9-3)10-4/h11-13,15-16,19H,7-10,14,17-18H2,1-6H3/b21-19-. The quantitative estimate of drug-likeness (QED) is 0.135. The van der Waals surface area contributed by atoms with Gasteiger partial charge in [0.1, 0.15) is 11.2 Å². The van der Waals surface area contributed by atoms with Crippen LogP contribution in [0.3, 0.4) is 0 Å². The summed E-state index contributed by atoms with van der Waals surface area (Å²) in [6, 6.07) is 9.29. The molecule has 1 rings (SSSR count). The molecular weight excluding hydrogens is 364 g/mol. The first-order valence-electron chi connectivity index (χ1n) is 10.9. The maximum atomic E-state index is 12.8. The van der Waals surface area contributed by atoms with Crippen LogP contribution in [0.25, 0.3) is 6.08 Å². The lowest BCUT2D eigenvalue weighted by Gasteiger charge is -2.27. The van der Waals surface area contributed by atoms with E-state index in [4.69, 9.17) is 9.47 Å². The summed E-state index contributed by atoms with van der Waals surface area (Å²) in [5, 5.41) is 0. The minimum Gasteiger partial charge on any atom is -0.462 e. The van der Waals surface area contributed by atoms with Crippen molar-refractivity contribution in [2.45, 2.75) is 85.7 Å². The van der Waals surface area contributed by atoms with Gasteiger partial charge in [-0.05, 0) is 49.7 Å². The molecule has 4 heteroatoms. The van der Waals surface area contributed by atoms with Gasteiger partial charge in [0.15, 0.2) is 0 Å². The summed E-state index contributed by atoms with van der Waals surface area (Å²) in [5.74, 6) is -1.25. The largest absolute Gasteiger partial charge is 0.462 e. The van der Waals surface area contributed by atoms with Gasteiger partial charge in [0.05, 0.1) is 6.61 Å². The summed E-state index contributed by atoms with van der Waals surface area (Å²) < 4.78 is 11.1. The first kappa shape index (κ1) is 24.9. The minimum absolute atomic E-state index is 0.0573. The van der Waals surface area contributed by atoms with Gasteiger partial charge in [-0.25, -0.2) is 9.59 Å². The molecule has 4 nitrogen and oxygen atoms in total. The fourth-order valence-electron chi connectivity index (χ4n) is 2.94. The van der Waals surface area contributed by atoms with Gasteiger partial charge in [0.2, 0.25) is 0 Å². The third kappa shape index (κ3) is 8.04. The number of benzene rings is 1. The zero-order valence-electron chi connectivity index (χ0n) is 19.0. The monoisotopic (exact) mass is 402 g/mol. The predicted molar refractivity (Wildman–Crippen MR) is 118 cm³/mol. The predicted octanol–water partition coefficient (Wildman–Crippen LogP) is 6.34. The highest BCUT2D eigenvalue weighted by molar-refractivity contribution is 6.17. The van der Waals surface area contributed by atoms with Crippen LogP contribution in [0.15, 0.2) is 35.9 Å². The first-order valence-corrected chi connectivity index (χ1v) is 10.9. The van der Waals surface area contributed by atoms with Crippen molar-refractivity contribution < 1.29 is 19.1 Å². The molecule has 0 aliphatic rings. The summed E-state index contributed by atoms with van der Waals surface area (Å²) in [6.45, 7) is 12.7. The Morgan fingerprint density at radius 3 is 2.00 bits per heavy atom. The maximum Gasteiger partial charge on any atom is 0.346 e. The fourth-order valence-corrected chi connectivity index (χ4v) is 2.94.